The molecule has 0 aliphatic carbocycles. The normalized spacial score (nSPS) is 11.1. The molecule has 0 aliphatic rings. The number of hydrogen-bond donors (Lipinski definition) is 1. The Labute approximate surface area is 92.6 Å². The van der Waals surface area contributed by atoms with Crippen molar-refractivity contribution in [3.8, 4) is 0 Å². The summed E-state index contributed by atoms with van der Waals surface area (Å²) in [5.74, 6) is 1.08. The first-order valence-corrected chi connectivity index (χ1v) is 5.05. The van der Waals surface area contributed by atoms with Crippen molar-refractivity contribution < 1.29 is 5.11 Å². The first kappa shape index (κ1) is 10.3. The number of aryl methyl sites for hydroxylation is 1. The van der Waals surface area contributed by atoms with Gasteiger partial charge in [-0.15, -0.1) is 5.10 Å². The highest BCUT2D eigenvalue weighted by Crippen LogP contribution is 2.16. The zero-order valence-electron chi connectivity index (χ0n) is 8.56. The largest absolute Gasteiger partial charge is 0.396 e. The van der Waals surface area contributed by atoms with Crippen LogP contribution in [-0.2, 0) is 6.42 Å². The monoisotopic (exact) mass is 223 g/mol. The molecule has 79 valence electrons. The van der Waals surface area contributed by atoms with Crippen LogP contribution in [0, 0.1) is 13.8 Å². The second-order valence-electron chi connectivity index (χ2n) is 3.34. The van der Waals surface area contributed by atoms with Gasteiger partial charge in [0.1, 0.15) is 5.03 Å². The van der Waals surface area contributed by atoms with Crippen molar-refractivity contribution in [3.05, 3.63) is 17.1 Å². The van der Waals surface area contributed by atoms with E-state index in [1.165, 1.54) is 0 Å². The molecule has 0 fully saturated rings. The number of rotatable bonds is 2. The van der Waals surface area contributed by atoms with E-state index in [-0.39, 0.29) is 6.61 Å². The molecule has 0 aliphatic heterocycles. The van der Waals surface area contributed by atoms with Gasteiger partial charge in [-0.25, -0.2) is 4.98 Å². The summed E-state index contributed by atoms with van der Waals surface area (Å²) in [4.78, 5) is 8.46. The molecule has 0 amide bonds. The molecule has 0 bridgehead atoms. The molecule has 2 rings (SSSR count). The lowest BCUT2D eigenvalue weighted by Crippen LogP contribution is -2.00. The van der Waals surface area contributed by atoms with Crippen LogP contribution in [0.25, 0.3) is 5.78 Å². The van der Waals surface area contributed by atoms with E-state index in [0.717, 1.165) is 11.3 Å². The molecular formula is C9H11N4OS. The van der Waals surface area contributed by atoms with Gasteiger partial charge in [-0.2, -0.15) is 9.50 Å². The fourth-order valence-electron chi connectivity index (χ4n) is 1.31. The Morgan fingerprint density at radius 1 is 1.33 bits per heavy atom. The maximum Gasteiger partial charge on any atom is 0.254 e. The quantitative estimate of drug-likeness (QED) is 0.766. The zero-order valence-corrected chi connectivity index (χ0v) is 9.38. The summed E-state index contributed by atoms with van der Waals surface area (Å²) in [6.07, 6.45) is 0.427. The third-order valence-electron chi connectivity index (χ3n) is 2.29. The van der Waals surface area contributed by atoms with Gasteiger partial charge >= 0.3 is 0 Å². The molecule has 2 aromatic heterocycles. The van der Waals surface area contributed by atoms with Crippen LogP contribution in [0.5, 0.6) is 0 Å². The summed E-state index contributed by atoms with van der Waals surface area (Å²) in [5.41, 5.74) is 1.81. The minimum Gasteiger partial charge on any atom is -0.396 e. The molecule has 0 saturated heterocycles. The lowest BCUT2D eigenvalue weighted by atomic mass is 10.3. The van der Waals surface area contributed by atoms with Crippen LogP contribution in [0.1, 0.15) is 17.1 Å². The van der Waals surface area contributed by atoms with Gasteiger partial charge in [-0.1, -0.05) is 12.6 Å². The summed E-state index contributed by atoms with van der Waals surface area (Å²) >= 11 is 5.24. The van der Waals surface area contributed by atoms with Crippen LogP contribution in [0.4, 0.5) is 0 Å². The lowest BCUT2D eigenvalue weighted by Gasteiger charge is -2.02. The van der Waals surface area contributed by atoms with Gasteiger partial charge in [0.15, 0.2) is 5.82 Å². The number of fused-ring (bicyclic) bond motifs is 1. The summed E-state index contributed by atoms with van der Waals surface area (Å²) < 4.78 is 1.54. The summed E-state index contributed by atoms with van der Waals surface area (Å²) in [7, 11) is 0. The highest BCUT2D eigenvalue weighted by Gasteiger charge is 2.11. The number of aliphatic hydroxyl groups excluding tert-OH is 1. The molecular weight excluding hydrogens is 212 g/mol. The van der Waals surface area contributed by atoms with Gasteiger partial charge in [-0.05, 0) is 13.8 Å². The van der Waals surface area contributed by atoms with Crippen molar-refractivity contribution in [1.29, 1.82) is 0 Å². The van der Waals surface area contributed by atoms with E-state index in [1.807, 2.05) is 13.8 Å². The molecule has 0 atom stereocenters. The molecule has 1 N–H and O–H groups in total. The van der Waals surface area contributed by atoms with E-state index in [9.17, 15) is 0 Å². The van der Waals surface area contributed by atoms with Gasteiger partial charge in [0.2, 0.25) is 0 Å². The van der Waals surface area contributed by atoms with Crippen LogP contribution in [0.3, 0.4) is 0 Å². The summed E-state index contributed by atoms with van der Waals surface area (Å²) in [5, 5.41) is 13.6. The second kappa shape index (κ2) is 3.71. The van der Waals surface area contributed by atoms with Gasteiger partial charge in [0, 0.05) is 17.7 Å². The fraction of sp³-hybridized carbons (Fsp3) is 0.444. The predicted molar refractivity (Wildman–Crippen MR) is 56.9 cm³/mol. The van der Waals surface area contributed by atoms with Crippen LogP contribution in [0.2, 0.25) is 0 Å². The van der Waals surface area contributed by atoms with Crippen molar-refractivity contribution in [2.75, 3.05) is 6.61 Å². The Balaban J connectivity index is 2.65. The Morgan fingerprint density at radius 2 is 2.07 bits per heavy atom. The Hall–Kier alpha value is -1.27. The lowest BCUT2D eigenvalue weighted by molar-refractivity contribution is 0.296. The molecule has 6 heteroatoms. The average Bonchev–Trinajstić information content (AvgIpc) is 2.58. The van der Waals surface area contributed by atoms with Gasteiger partial charge < -0.3 is 5.11 Å². The molecule has 5 nitrogen and oxygen atoms in total. The van der Waals surface area contributed by atoms with Crippen molar-refractivity contribution in [1.82, 2.24) is 19.6 Å². The standard InChI is InChI=1S/C9H11N4OS/c1-5-6(2)10-9-11-7(3-4-14)12-13(9)8(5)15/h14H,3-4H2,1-2H3. The third-order valence-corrected chi connectivity index (χ3v) is 2.77. The maximum atomic E-state index is 8.79. The molecule has 0 spiro atoms. The molecule has 0 unspecified atom stereocenters. The fourth-order valence-corrected chi connectivity index (χ4v) is 1.58. The SMILES string of the molecule is Cc1nc2nc(CCO)nn2c([S])c1C. The van der Waals surface area contributed by atoms with Crippen LogP contribution >= 0.6 is 12.6 Å². The minimum atomic E-state index is 0.0294. The smallest absolute Gasteiger partial charge is 0.254 e. The van der Waals surface area contributed by atoms with Gasteiger partial charge in [-0.3, -0.25) is 0 Å². The van der Waals surface area contributed by atoms with E-state index in [2.05, 4.69) is 15.1 Å². The Kier molecular flexibility index (Phi) is 2.54. The number of aromatic nitrogens is 4. The topological polar surface area (TPSA) is 63.3 Å². The van der Waals surface area contributed by atoms with E-state index in [4.69, 9.17) is 17.7 Å². The predicted octanol–water partition coefficient (Wildman–Crippen LogP) is 0.832. The zero-order chi connectivity index (χ0) is 11.0. The molecule has 1 radical (unpaired) electrons. The highest BCUT2D eigenvalue weighted by molar-refractivity contribution is 7.80. The summed E-state index contributed by atoms with van der Waals surface area (Å²) in [6.45, 7) is 3.84. The Bertz CT molecular complexity index is 508. The molecule has 15 heavy (non-hydrogen) atoms. The van der Waals surface area contributed by atoms with Crippen molar-refractivity contribution >= 4 is 18.4 Å². The van der Waals surface area contributed by atoms with E-state index in [1.54, 1.807) is 4.52 Å². The first-order valence-electron chi connectivity index (χ1n) is 4.64. The van der Waals surface area contributed by atoms with Crippen molar-refractivity contribution in [2.24, 2.45) is 0 Å². The van der Waals surface area contributed by atoms with E-state index >= 15 is 0 Å². The molecule has 2 aromatic rings. The van der Waals surface area contributed by atoms with Crippen molar-refractivity contribution in [3.63, 3.8) is 0 Å². The number of aliphatic hydroxyl groups is 1. The molecule has 0 aromatic carbocycles. The number of hydrogen-bond acceptors (Lipinski definition) is 4. The average molecular weight is 223 g/mol. The van der Waals surface area contributed by atoms with E-state index in [0.29, 0.717) is 23.0 Å². The Morgan fingerprint density at radius 3 is 2.73 bits per heavy atom. The highest BCUT2D eigenvalue weighted by atomic mass is 32.1. The molecule has 0 saturated carbocycles. The number of nitrogens with zero attached hydrogens (tertiary/aromatic N) is 4. The van der Waals surface area contributed by atoms with Crippen molar-refractivity contribution in [2.45, 2.75) is 25.3 Å². The molecule has 2 heterocycles. The maximum absolute atomic E-state index is 8.79. The van der Waals surface area contributed by atoms with Gasteiger partial charge in [0.25, 0.3) is 5.78 Å². The minimum absolute atomic E-state index is 0.0294. The van der Waals surface area contributed by atoms with Crippen LogP contribution in [-0.4, -0.2) is 31.3 Å². The third kappa shape index (κ3) is 1.66. The summed E-state index contributed by atoms with van der Waals surface area (Å²) in [6, 6.07) is 0. The van der Waals surface area contributed by atoms with Crippen LogP contribution < -0.4 is 0 Å². The van der Waals surface area contributed by atoms with E-state index < -0.39 is 0 Å². The second-order valence-corrected chi connectivity index (χ2v) is 3.73. The first-order chi connectivity index (χ1) is 7.13. The van der Waals surface area contributed by atoms with Gasteiger partial charge in [0.05, 0.1) is 6.61 Å². The van der Waals surface area contributed by atoms with Crippen LogP contribution in [0.15, 0.2) is 5.03 Å².